The average Bonchev–Trinajstić information content (AvgIpc) is 2.71. The molecule has 0 saturated heterocycles. The lowest BCUT2D eigenvalue weighted by Crippen LogP contribution is -2.35. The van der Waals surface area contributed by atoms with Crippen molar-refractivity contribution in [2.75, 3.05) is 26.2 Å². The third-order valence-corrected chi connectivity index (χ3v) is 5.02. The van der Waals surface area contributed by atoms with Crippen LogP contribution in [0.5, 0.6) is 0 Å². The zero-order valence-corrected chi connectivity index (χ0v) is 19.4. The molecule has 1 aromatic heterocycles. The summed E-state index contributed by atoms with van der Waals surface area (Å²) in [6.45, 7) is -0.112. The van der Waals surface area contributed by atoms with Gasteiger partial charge in [-0.05, 0) is 43.0 Å². The minimum atomic E-state index is -1.18. The van der Waals surface area contributed by atoms with E-state index in [1.165, 1.54) is 9.80 Å². The van der Waals surface area contributed by atoms with Crippen LogP contribution in [0.25, 0.3) is 0 Å². The molecule has 0 aliphatic rings. The van der Waals surface area contributed by atoms with E-state index in [1.54, 1.807) is 12.1 Å². The summed E-state index contributed by atoms with van der Waals surface area (Å²) in [7, 11) is 0. The molecular weight excluding hydrogens is 458 g/mol. The number of rotatable bonds is 15. The van der Waals surface area contributed by atoms with Crippen LogP contribution in [0.15, 0.2) is 36.4 Å². The van der Waals surface area contributed by atoms with E-state index in [-0.39, 0.29) is 13.1 Å². The van der Waals surface area contributed by atoms with Crippen molar-refractivity contribution in [2.24, 2.45) is 0 Å². The van der Waals surface area contributed by atoms with Crippen LogP contribution in [0.1, 0.15) is 28.1 Å². The SMILES string of the molecule is Cc1ccc(CCc2cc(CN(CC(=O)O)CC(=O)O)nc(CN(CC(=O)O)CC(=O)O)c2)cc1. The molecule has 11 nitrogen and oxygen atoms in total. The number of benzene rings is 1. The standard InChI is InChI=1S/C24H29N3O8/c1-16-2-4-17(5-3-16)6-7-18-8-19(10-26(12-21(28)29)13-22(30)31)25-20(9-18)11-27(14-23(32)33)15-24(34)35/h2-5,8-9H,6-7,10-15H2,1H3,(H,28,29)(H,30,31)(H,32,33)(H,34,35). The number of carboxylic acids is 4. The number of nitrogens with zero attached hydrogens (tertiary/aromatic N) is 3. The summed E-state index contributed by atoms with van der Waals surface area (Å²) >= 11 is 0. The van der Waals surface area contributed by atoms with Crippen molar-refractivity contribution >= 4 is 23.9 Å². The van der Waals surface area contributed by atoms with E-state index in [4.69, 9.17) is 20.4 Å². The molecule has 1 heterocycles. The first-order valence-corrected chi connectivity index (χ1v) is 10.9. The van der Waals surface area contributed by atoms with Crippen LogP contribution >= 0.6 is 0 Å². The second kappa shape index (κ2) is 13.2. The summed E-state index contributed by atoms with van der Waals surface area (Å²) < 4.78 is 0. The Bertz CT molecular complexity index is 967. The fourth-order valence-corrected chi connectivity index (χ4v) is 3.63. The number of carbonyl (C=O) groups is 4. The number of aryl methyl sites for hydroxylation is 3. The van der Waals surface area contributed by atoms with Gasteiger partial charge in [-0.15, -0.1) is 0 Å². The van der Waals surface area contributed by atoms with Gasteiger partial charge < -0.3 is 20.4 Å². The monoisotopic (exact) mass is 487 g/mol. The molecule has 35 heavy (non-hydrogen) atoms. The van der Waals surface area contributed by atoms with E-state index in [1.807, 2.05) is 31.2 Å². The zero-order chi connectivity index (χ0) is 26.0. The molecule has 0 unspecified atom stereocenters. The van der Waals surface area contributed by atoms with Crippen LogP contribution in [0, 0.1) is 6.92 Å². The first-order valence-electron chi connectivity index (χ1n) is 10.9. The summed E-state index contributed by atoms with van der Waals surface area (Å²) in [5.41, 5.74) is 3.90. The molecule has 2 rings (SSSR count). The summed E-state index contributed by atoms with van der Waals surface area (Å²) in [5.74, 6) is -4.74. The Kier molecular flexibility index (Phi) is 10.3. The van der Waals surface area contributed by atoms with E-state index in [9.17, 15) is 19.2 Å². The van der Waals surface area contributed by atoms with E-state index < -0.39 is 50.1 Å². The number of aliphatic carboxylic acids is 4. The van der Waals surface area contributed by atoms with E-state index in [0.29, 0.717) is 24.2 Å². The average molecular weight is 488 g/mol. The molecule has 1 aromatic carbocycles. The number of carboxylic acid groups (broad SMARTS) is 4. The Morgan fingerprint density at radius 3 is 1.40 bits per heavy atom. The van der Waals surface area contributed by atoms with Gasteiger partial charge in [-0.1, -0.05) is 29.8 Å². The number of pyridine rings is 1. The lowest BCUT2D eigenvalue weighted by Gasteiger charge is -2.21. The van der Waals surface area contributed by atoms with Crippen LogP contribution in [0.3, 0.4) is 0 Å². The predicted octanol–water partition coefficient (Wildman–Crippen LogP) is 1.12. The Balaban J connectivity index is 2.32. The Labute approximate surface area is 202 Å². The van der Waals surface area contributed by atoms with Gasteiger partial charge >= 0.3 is 23.9 Å². The first kappa shape index (κ1) is 27.4. The van der Waals surface area contributed by atoms with Crippen LogP contribution in [0.2, 0.25) is 0 Å². The van der Waals surface area contributed by atoms with Crippen molar-refractivity contribution in [1.29, 1.82) is 0 Å². The molecule has 4 N–H and O–H groups in total. The number of hydrogen-bond acceptors (Lipinski definition) is 7. The lowest BCUT2D eigenvalue weighted by molar-refractivity contribution is -0.144. The van der Waals surface area contributed by atoms with Crippen LogP contribution in [-0.4, -0.2) is 85.3 Å². The minimum Gasteiger partial charge on any atom is -0.480 e. The van der Waals surface area contributed by atoms with Gasteiger partial charge in [0.2, 0.25) is 0 Å². The van der Waals surface area contributed by atoms with Crippen molar-refractivity contribution in [3.63, 3.8) is 0 Å². The largest absolute Gasteiger partial charge is 0.480 e. The third kappa shape index (κ3) is 10.8. The second-order valence-corrected chi connectivity index (χ2v) is 8.31. The molecule has 0 bridgehead atoms. The quantitative estimate of drug-likeness (QED) is 0.284. The third-order valence-electron chi connectivity index (χ3n) is 5.02. The molecule has 0 spiro atoms. The molecule has 0 aliphatic heterocycles. The predicted molar refractivity (Wildman–Crippen MR) is 124 cm³/mol. The molecule has 0 fully saturated rings. The molecule has 2 aromatic rings. The van der Waals surface area contributed by atoms with Crippen LogP contribution in [-0.2, 0) is 45.1 Å². The molecule has 0 atom stereocenters. The van der Waals surface area contributed by atoms with E-state index in [2.05, 4.69) is 4.98 Å². The Hall–Kier alpha value is -3.83. The van der Waals surface area contributed by atoms with Gasteiger partial charge in [-0.3, -0.25) is 34.0 Å². The van der Waals surface area contributed by atoms with Gasteiger partial charge in [-0.2, -0.15) is 0 Å². The van der Waals surface area contributed by atoms with Crippen LogP contribution in [0.4, 0.5) is 0 Å². The van der Waals surface area contributed by atoms with Crippen molar-refractivity contribution in [1.82, 2.24) is 14.8 Å². The first-order chi connectivity index (χ1) is 16.5. The fourth-order valence-electron chi connectivity index (χ4n) is 3.63. The maximum absolute atomic E-state index is 11.2. The van der Waals surface area contributed by atoms with Crippen molar-refractivity contribution in [3.8, 4) is 0 Å². The van der Waals surface area contributed by atoms with Crippen LogP contribution < -0.4 is 0 Å². The molecule has 0 radical (unpaired) electrons. The number of aromatic nitrogens is 1. The summed E-state index contributed by atoms with van der Waals surface area (Å²) in [4.78, 5) is 51.6. The highest BCUT2D eigenvalue weighted by atomic mass is 16.4. The fraction of sp³-hybridized carbons (Fsp3) is 0.375. The van der Waals surface area contributed by atoms with E-state index in [0.717, 1.165) is 16.7 Å². The lowest BCUT2D eigenvalue weighted by atomic mass is 10.0. The van der Waals surface area contributed by atoms with Gasteiger partial charge in [-0.25, -0.2) is 0 Å². The van der Waals surface area contributed by atoms with Gasteiger partial charge in [0.25, 0.3) is 0 Å². The highest BCUT2D eigenvalue weighted by Crippen LogP contribution is 2.15. The molecule has 188 valence electrons. The van der Waals surface area contributed by atoms with Gasteiger partial charge in [0, 0.05) is 13.1 Å². The second-order valence-electron chi connectivity index (χ2n) is 8.31. The van der Waals surface area contributed by atoms with Gasteiger partial charge in [0.15, 0.2) is 0 Å². The maximum atomic E-state index is 11.2. The smallest absolute Gasteiger partial charge is 0.317 e. The topological polar surface area (TPSA) is 169 Å². The summed E-state index contributed by atoms with van der Waals surface area (Å²) in [5, 5.41) is 36.5. The molecule has 0 aliphatic carbocycles. The molecule has 0 amide bonds. The van der Waals surface area contributed by atoms with Crippen molar-refractivity contribution in [3.05, 3.63) is 64.5 Å². The van der Waals surface area contributed by atoms with Crippen molar-refractivity contribution in [2.45, 2.75) is 32.9 Å². The zero-order valence-electron chi connectivity index (χ0n) is 19.4. The van der Waals surface area contributed by atoms with E-state index >= 15 is 0 Å². The minimum absolute atomic E-state index is 0.0537. The highest BCUT2D eigenvalue weighted by molar-refractivity contribution is 5.73. The van der Waals surface area contributed by atoms with Crippen molar-refractivity contribution < 1.29 is 39.6 Å². The summed E-state index contributed by atoms with van der Waals surface area (Å²) in [6.07, 6.45) is 1.30. The Morgan fingerprint density at radius 1 is 0.657 bits per heavy atom. The maximum Gasteiger partial charge on any atom is 0.317 e. The molecular formula is C24H29N3O8. The van der Waals surface area contributed by atoms with Gasteiger partial charge in [0.05, 0.1) is 37.6 Å². The highest BCUT2D eigenvalue weighted by Gasteiger charge is 2.18. The molecule has 0 saturated carbocycles. The molecule has 11 heteroatoms. The Morgan fingerprint density at radius 2 is 1.03 bits per heavy atom. The normalized spacial score (nSPS) is 11.1. The number of hydrogen-bond donors (Lipinski definition) is 4. The summed E-state index contributed by atoms with van der Waals surface area (Å²) in [6, 6.07) is 11.6. The van der Waals surface area contributed by atoms with Gasteiger partial charge in [0.1, 0.15) is 0 Å².